The number of hydrogen-bond donors (Lipinski definition) is 2. The molecule has 0 aromatic heterocycles. The van der Waals surface area contributed by atoms with Crippen LogP contribution in [0, 0.1) is 10.1 Å². The molecule has 2 aliphatic heterocycles. The second kappa shape index (κ2) is 4.84. The third kappa shape index (κ3) is 2.14. The molecule has 2 N–H and O–H groups in total. The van der Waals surface area contributed by atoms with Gasteiger partial charge in [0.25, 0.3) is 5.69 Å². The van der Waals surface area contributed by atoms with Crippen LogP contribution in [0.1, 0.15) is 10.9 Å². The van der Waals surface area contributed by atoms with E-state index in [1.54, 1.807) is 0 Å². The van der Waals surface area contributed by atoms with Crippen molar-refractivity contribution in [1.82, 2.24) is 5.32 Å². The summed E-state index contributed by atoms with van der Waals surface area (Å²) in [5, 5.41) is 22.5. The Bertz CT molecular complexity index is 593. The van der Waals surface area contributed by atoms with Crippen LogP contribution >= 0.6 is 11.8 Å². The molecule has 3 rings (SSSR count). The molecule has 0 spiro atoms. The van der Waals surface area contributed by atoms with E-state index in [9.17, 15) is 14.9 Å². The number of carbonyl (C=O) groups is 1. The van der Waals surface area contributed by atoms with E-state index in [0.29, 0.717) is 22.8 Å². The number of fused-ring (bicyclic) bond motifs is 1. The van der Waals surface area contributed by atoms with E-state index in [1.807, 2.05) is 0 Å². The Hall–Kier alpha value is -2.00. The van der Waals surface area contributed by atoms with Crippen molar-refractivity contribution >= 4 is 23.4 Å². The summed E-state index contributed by atoms with van der Waals surface area (Å²) in [6.07, 6.45) is 0. The second-order valence-electron chi connectivity index (χ2n) is 4.29. The van der Waals surface area contributed by atoms with Crippen molar-refractivity contribution in [2.45, 2.75) is 11.4 Å². The van der Waals surface area contributed by atoms with E-state index in [2.05, 4.69) is 5.32 Å². The van der Waals surface area contributed by atoms with Crippen LogP contribution in [0.25, 0.3) is 0 Å². The molecule has 1 saturated heterocycles. The maximum Gasteiger partial charge on any atom is 0.321 e. The van der Waals surface area contributed by atoms with Crippen molar-refractivity contribution in [3.05, 3.63) is 27.8 Å². The first-order valence-corrected chi connectivity index (χ1v) is 6.79. The molecular weight excluding hydrogens is 288 g/mol. The van der Waals surface area contributed by atoms with Gasteiger partial charge in [0.15, 0.2) is 11.5 Å². The summed E-state index contributed by atoms with van der Waals surface area (Å²) < 4.78 is 10.3. The van der Waals surface area contributed by atoms with Gasteiger partial charge >= 0.3 is 5.97 Å². The van der Waals surface area contributed by atoms with Gasteiger partial charge in [0.1, 0.15) is 6.04 Å². The zero-order valence-electron chi connectivity index (χ0n) is 10.1. The number of carboxylic acid groups (broad SMARTS) is 1. The summed E-state index contributed by atoms with van der Waals surface area (Å²) in [5.41, 5.74) is 0.290. The molecule has 1 aromatic carbocycles. The molecule has 1 fully saturated rings. The highest BCUT2D eigenvalue weighted by Crippen LogP contribution is 2.44. The predicted octanol–water partition coefficient (Wildman–Crippen LogP) is 1.11. The minimum absolute atomic E-state index is 0.0267. The summed E-state index contributed by atoms with van der Waals surface area (Å²) in [6, 6.07) is 2.14. The average Bonchev–Trinajstić information content (AvgIpc) is 3.05. The molecule has 8 nitrogen and oxygen atoms in total. The van der Waals surface area contributed by atoms with Crippen LogP contribution in [-0.4, -0.2) is 34.6 Å². The number of ether oxygens (including phenoxy) is 2. The van der Waals surface area contributed by atoms with Crippen LogP contribution in [0.5, 0.6) is 11.5 Å². The number of hydrogen-bond acceptors (Lipinski definition) is 7. The maximum atomic E-state index is 11.1. The minimum Gasteiger partial charge on any atom is -0.480 e. The number of nitrogens with zero attached hydrogens (tertiary/aromatic N) is 1. The first-order valence-electron chi connectivity index (χ1n) is 5.74. The number of carboxylic acids is 1. The van der Waals surface area contributed by atoms with Crippen LogP contribution in [0.3, 0.4) is 0 Å². The Kier molecular flexibility index (Phi) is 3.14. The van der Waals surface area contributed by atoms with Crippen LogP contribution in [-0.2, 0) is 4.79 Å². The predicted molar refractivity (Wildman–Crippen MR) is 69.0 cm³/mol. The highest BCUT2D eigenvalue weighted by atomic mass is 32.2. The fourth-order valence-corrected chi connectivity index (χ4v) is 3.36. The first kappa shape index (κ1) is 13.0. The van der Waals surface area contributed by atoms with E-state index in [0.717, 1.165) is 0 Å². The lowest BCUT2D eigenvalue weighted by atomic mass is 10.1. The zero-order valence-corrected chi connectivity index (χ0v) is 10.9. The zero-order chi connectivity index (χ0) is 14.3. The van der Waals surface area contributed by atoms with Gasteiger partial charge in [-0.3, -0.25) is 20.2 Å². The van der Waals surface area contributed by atoms with E-state index < -0.39 is 22.3 Å². The fraction of sp³-hybridized carbons (Fsp3) is 0.364. The van der Waals surface area contributed by atoms with Crippen LogP contribution in [0.15, 0.2) is 12.1 Å². The van der Waals surface area contributed by atoms with Gasteiger partial charge in [-0.15, -0.1) is 11.8 Å². The standard InChI is InChI=1S/C11H10N2O6S/c14-11(15)6-3-20-10(12-6)5-1-8-9(19-4-18-8)2-7(5)13(16)17/h1-2,6,10,12H,3-4H2,(H,14,15)/t6-,10+/m1/s1. The molecule has 0 unspecified atom stereocenters. The summed E-state index contributed by atoms with van der Waals surface area (Å²) in [7, 11) is 0. The summed E-state index contributed by atoms with van der Waals surface area (Å²) in [6.45, 7) is 0.0267. The Morgan fingerprint density at radius 2 is 2.15 bits per heavy atom. The highest BCUT2D eigenvalue weighted by Gasteiger charge is 2.35. The lowest BCUT2D eigenvalue weighted by Gasteiger charge is -2.12. The monoisotopic (exact) mass is 298 g/mol. The molecule has 20 heavy (non-hydrogen) atoms. The van der Waals surface area contributed by atoms with Crippen LogP contribution < -0.4 is 14.8 Å². The van der Waals surface area contributed by atoms with Crippen LogP contribution in [0.2, 0.25) is 0 Å². The molecule has 0 aliphatic carbocycles. The summed E-state index contributed by atoms with van der Waals surface area (Å²) in [4.78, 5) is 21.6. The quantitative estimate of drug-likeness (QED) is 0.630. The molecule has 0 bridgehead atoms. The van der Waals surface area contributed by atoms with E-state index in [-0.39, 0.29) is 12.5 Å². The number of thioether (sulfide) groups is 1. The summed E-state index contributed by atoms with van der Waals surface area (Å²) in [5.74, 6) is 0.152. The minimum atomic E-state index is -0.969. The molecule has 0 amide bonds. The van der Waals surface area contributed by atoms with E-state index >= 15 is 0 Å². The third-order valence-electron chi connectivity index (χ3n) is 3.08. The van der Waals surface area contributed by atoms with Crippen molar-refractivity contribution in [2.24, 2.45) is 0 Å². The number of nitrogens with one attached hydrogen (secondary N) is 1. The molecule has 2 aliphatic rings. The van der Waals surface area contributed by atoms with Gasteiger partial charge in [-0.2, -0.15) is 0 Å². The van der Waals surface area contributed by atoms with Gasteiger partial charge < -0.3 is 14.6 Å². The molecule has 2 atom stereocenters. The average molecular weight is 298 g/mol. The largest absolute Gasteiger partial charge is 0.480 e. The van der Waals surface area contributed by atoms with Crippen molar-refractivity contribution in [1.29, 1.82) is 0 Å². The van der Waals surface area contributed by atoms with Gasteiger partial charge in [-0.1, -0.05) is 0 Å². The topological polar surface area (TPSA) is 111 Å². The second-order valence-corrected chi connectivity index (χ2v) is 5.43. The smallest absolute Gasteiger partial charge is 0.321 e. The molecule has 1 aromatic rings. The van der Waals surface area contributed by atoms with Crippen molar-refractivity contribution < 1.29 is 24.3 Å². The number of nitro benzene ring substituents is 1. The Morgan fingerprint density at radius 1 is 1.45 bits per heavy atom. The van der Waals surface area contributed by atoms with Gasteiger partial charge in [0.2, 0.25) is 6.79 Å². The van der Waals surface area contributed by atoms with Crippen molar-refractivity contribution in [3.8, 4) is 11.5 Å². The SMILES string of the molecule is O=C(O)[C@H]1CS[C@@H](c2cc3c(cc2[N+](=O)[O-])OCO3)N1. The molecule has 9 heteroatoms. The highest BCUT2D eigenvalue weighted by molar-refractivity contribution is 7.99. The number of benzene rings is 1. The van der Waals surface area contributed by atoms with E-state index in [4.69, 9.17) is 14.6 Å². The summed E-state index contributed by atoms with van der Waals surface area (Å²) >= 11 is 1.32. The normalized spacial score (nSPS) is 23.8. The van der Waals surface area contributed by atoms with Crippen molar-refractivity contribution in [2.75, 3.05) is 12.5 Å². The van der Waals surface area contributed by atoms with Gasteiger partial charge in [0.05, 0.1) is 21.9 Å². The molecular formula is C11H10N2O6S. The lowest BCUT2D eigenvalue weighted by Crippen LogP contribution is -2.33. The molecule has 0 saturated carbocycles. The Morgan fingerprint density at radius 3 is 2.75 bits per heavy atom. The maximum absolute atomic E-state index is 11.1. The lowest BCUT2D eigenvalue weighted by molar-refractivity contribution is -0.385. The Balaban J connectivity index is 1.96. The number of rotatable bonds is 3. The Labute approximate surface area is 117 Å². The van der Waals surface area contributed by atoms with Crippen LogP contribution in [0.4, 0.5) is 5.69 Å². The third-order valence-corrected chi connectivity index (χ3v) is 4.33. The number of aliphatic carboxylic acids is 1. The van der Waals surface area contributed by atoms with Gasteiger partial charge in [0, 0.05) is 5.75 Å². The van der Waals surface area contributed by atoms with Gasteiger partial charge in [-0.05, 0) is 6.07 Å². The molecule has 106 valence electrons. The van der Waals surface area contributed by atoms with Crippen molar-refractivity contribution in [3.63, 3.8) is 0 Å². The van der Waals surface area contributed by atoms with Gasteiger partial charge in [-0.25, -0.2) is 0 Å². The van der Waals surface area contributed by atoms with E-state index in [1.165, 1.54) is 23.9 Å². The molecule has 0 radical (unpaired) electrons. The molecule has 2 heterocycles. The number of nitro groups is 1. The fourth-order valence-electron chi connectivity index (χ4n) is 2.11. The first-order chi connectivity index (χ1) is 9.56.